The van der Waals surface area contributed by atoms with E-state index in [1.165, 1.54) is 6.92 Å². The molecule has 4 heteroatoms. The lowest BCUT2D eigenvalue weighted by Crippen LogP contribution is -2.40. The van der Waals surface area contributed by atoms with E-state index in [-0.39, 0.29) is 11.9 Å². The number of carbonyl (C=O) groups is 2. The van der Waals surface area contributed by atoms with Crippen molar-refractivity contribution in [2.24, 2.45) is 0 Å². The Bertz CT molecular complexity index is 204. The van der Waals surface area contributed by atoms with Crippen molar-refractivity contribution < 1.29 is 14.3 Å². The van der Waals surface area contributed by atoms with E-state index < -0.39 is 6.04 Å². The van der Waals surface area contributed by atoms with Gasteiger partial charge in [-0.25, -0.2) is 4.79 Å². The molecule has 0 bridgehead atoms. The number of unbranched alkanes of at least 4 members (excludes halogenated alkanes) is 2. The van der Waals surface area contributed by atoms with Gasteiger partial charge in [0, 0.05) is 6.92 Å². The number of nitrogens with one attached hydrogen (secondary N) is 1. The number of hydrogen-bond donors (Lipinski definition) is 1. The van der Waals surface area contributed by atoms with Crippen molar-refractivity contribution in [1.29, 1.82) is 0 Å². The molecule has 4 nitrogen and oxygen atoms in total. The Kier molecular flexibility index (Phi) is 7.68. The topological polar surface area (TPSA) is 55.4 Å². The second-order valence-corrected chi connectivity index (χ2v) is 3.50. The summed E-state index contributed by atoms with van der Waals surface area (Å²) in [5, 5.41) is 2.61. The molecule has 0 fully saturated rings. The molecule has 0 aromatic rings. The minimum Gasteiger partial charge on any atom is -0.464 e. The van der Waals surface area contributed by atoms with Gasteiger partial charge in [0.15, 0.2) is 0 Å². The van der Waals surface area contributed by atoms with Crippen LogP contribution in [0.2, 0.25) is 0 Å². The third-order valence-electron chi connectivity index (χ3n) is 2.04. The van der Waals surface area contributed by atoms with Crippen molar-refractivity contribution in [1.82, 2.24) is 5.32 Å². The van der Waals surface area contributed by atoms with E-state index in [1.807, 2.05) is 0 Å². The summed E-state index contributed by atoms with van der Waals surface area (Å²) in [4.78, 5) is 22.3. The molecule has 1 amide bonds. The number of hydrogen-bond acceptors (Lipinski definition) is 3. The maximum Gasteiger partial charge on any atom is 0.328 e. The van der Waals surface area contributed by atoms with Gasteiger partial charge in [0.25, 0.3) is 0 Å². The van der Waals surface area contributed by atoms with Gasteiger partial charge in [-0.15, -0.1) is 0 Å². The number of rotatable bonds is 7. The predicted octanol–water partition coefficient (Wildman–Crippen LogP) is 1.63. The zero-order chi connectivity index (χ0) is 11.7. The summed E-state index contributed by atoms with van der Waals surface area (Å²) in [5.41, 5.74) is 0. The van der Waals surface area contributed by atoms with Crippen LogP contribution < -0.4 is 5.32 Å². The van der Waals surface area contributed by atoms with Crippen molar-refractivity contribution in [2.75, 3.05) is 6.61 Å². The van der Waals surface area contributed by atoms with Crippen LogP contribution in [-0.2, 0) is 14.3 Å². The van der Waals surface area contributed by atoms with Crippen LogP contribution in [0.5, 0.6) is 0 Å². The molecule has 0 aromatic heterocycles. The number of amides is 1. The largest absolute Gasteiger partial charge is 0.464 e. The SMILES string of the molecule is CCCCCC(NC(C)=O)C(=O)OCC. The van der Waals surface area contributed by atoms with Gasteiger partial charge in [0.05, 0.1) is 6.61 Å². The van der Waals surface area contributed by atoms with Crippen LogP contribution >= 0.6 is 0 Å². The summed E-state index contributed by atoms with van der Waals surface area (Å²) in [6.07, 6.45) is 3.75. The Morgan fingerprint density at radius 2 is 1.93 bits per heavy atom. The molecule has 0 aromatic carbocycles. The lowest BCUT2D eigenvalue weighted by molar-refractivity contribution is -0.147. The minimum atomic E-state index is -0.478. The van der Waals surface area contributed by atoms with E-state index in [0.29, 0.717) is 13.0 Å². The van der Waals surface area contributed by atoms with Gasteiger partial charge in [-0.2, -0.15) is 0 Å². The average molecular weight is 215 g/mol. The van der Waals surface area contributed by atoms with E-state index >= 15 is 0 Å². The van der Waals surface area contributed by atoms with Crippen molar-refractivity contribution in [3.63, 3.8) is 0 Å². The number of esters is 1. The summed E-state index contributed by atoms with van der Waals surface area (Å²) < 4.78 is 4.88. The van der Waals surface area contributed by atoms with Crippen molar-refractivity contribution in [2.45, 2.75) is 52.5 Å². The smallest absolute Gasteiger partial charge is 0.328 e. The average Bonchev–Trinajstić information content (AvgIpc) is 2.16. The summed E-state index contributed by atoms with van der Waals surface area (Å²) in [7, 11) is 0. The van der Waals surface area contributed by atoms with Crippen LogP contribution in [0.3, 0.4) is 0 Å². The highest BCUT2D eigenvalue weighted by molar-refractivity contribution is 5.83. The molecule has 88 valence electrons. The van der Waals surface area contributed by atoms with Gasteiger partial charge in [0.2, 0.25) is 5.91 Å². The Morgan fingerprint density at radius 1 is 1.27 bits per heavy atom. The molecule has 1 N–H and O–H groups in total. The molecule has 0 aliphatic carbocycles. The summed E-state index contributed by atoms with van der Waals surface area (Å²) in [5.74, 6) is -0.520. The van der Waals surface area contributed by atoms with Crippen molar-refractivity contribution >= 4 is 11.9 Å². The maximum atomic E-state index is 11.4. The Hall–Kier alpha value is -1.06. The first-order chi connectivity index (χ1) is 7.11. The highest BCUT2D eigenvalue weighted by Crippen LogP contribution is 2.05. The lowest BCUT2D eigenvalue weighted by atomic mass is 10.1. The van der Waals surface area contributed by atoms with Crippen LogP contribution in [0.25, 0.3) is 0 Å². The number of ether oxygens (including phenoxy) is 1. The first-order valence-corrected chi connectivity index (χ1v) is 5.55. The highest BCUT2D eigenvalue weighted by atomic mass is 16.5. The molecule has 0 heterocycles. The van der Waals surface area contributed by atoms with Gasteiger partial charge in [0.1, 0.15) is 6.04 Å². The van der Waals surface area contributed by atoms with Gasteiger partial charge in [-0.05, 0) is 13.3 Å². The molecule has 0 saturated heterocycles. The summed E-state index contributed by atoms with van der Waals surface area (Å²) in [6.45, 7) is 5.61. The molecule has 0 spiro atoms. The molecule has 1 unspecified atom stereocenters. The Labute approximate surface area is 91.4 Å². The molecule has 0 aliphatic heterocycles. The van der Waals surface area contributed by atoms with E-state index in [9.17, 15) is 9.59 Å². The Morgan fingerprint density at radius 3 is 2.40 bits per heavy atom. The summed E-state index contributed by atoms with van der Waals surface area (Å²) >= 11 is 0. The zero-order valence-electron chi connectivity index (χ0n) is 9.84. The molecule has 0 aliphatic rings. The fraction of sp³-hybridized carbons (Fsp3) is 0.818. The number of carbonyl (C=O) groups excluding carboxylic acids is 2. The van der Waals surface area contributed by atoms with Crippen molar-refractivity contribution in [3.05, 3.63) is 0 Å². The van der Waals surface area contributed by atoms with E-state index in [4.69, 9.17) is 4.74 Å². The monoisotopic (exact) mass is 215 g/mol. The summed E-state index contributed by atoms with van der Waals surface area (Å²) in [6, 6.07) is -0.478. The van der Waals surface area contributed by atoms with E-state index in [2.05, 4.69) is 12.2 Å². The van der Waals surface area contributed by atoms with Crippen LogP contribution in [0, 0.1) is 0 Å². The van der Waals surface area contributed by atoms with E-state index in [1.54, 1.807) is 6.92 Å². The standard InChI is InChI=1S/C11H21NO3/c1-4-6-7-8-10(12-9(3)13)11(14)15-5-2/h10H,4-8H2,1-3H3,(H,12,13). The highest BCUT2D eigenvalue weighted by Gasteiger charge is 2.19. The minimum absolute atomic E-state index is 0.190. The Balaban J connectivity index is 4.05. The molecule has 15 heavy (non-hydrogen) atoms. The van der Waals surface area contributed by atoms with Crippen LogP contribution in [0.15, 0.2) is 0 Å². The first kappa shape index (κ1) is 13.9. The van der Waals surface area contributed by atoms with Gasteiger partial charge < -0.3 is 10.1 Å². The van der Waals surface area contributed by atoms with Gasteiger partial charge in [-0.1, -0.05) is 26.2 Å². The normalized spacial score (nSPS) is 11.9. The fourth-order valence-corrected chi connectivity index (χ4v) is 1.34. The second-order valence-electron chi connectivity index (χ2n) is 3.50. The second kappa shape index (κ2) is 8.26. The van der Waals surface area contributed by atoms with Gasteiger partial charge in [-0.3, -0.25) is 4.79 Å². The third kappa shape index (κ3) is 6.94. The fourth-order valence-electron chi connectivity index (χ4n) is 1.34. The van der Waals surface area contributed by atoms with Crippen LogP contribution in [0.4, 0.5) is 0 Å². The molecule has 0 rings (SSSR count). The first-order valence-electron chi connectivity index (χ1n) is 5.55. The van der Waals surface area contributed by atoms with Gasteiger partial charge >= 0.3 is 5.97 Å². The molecular weight excluding hydrogens is 194 g/mol. The van der Waals surface area contributed by atoms with Crippen LogP contribution in [-0.4, -0.2) is 24.5 Å². The molecule has 0 saturated carbocycles. The molecule has 1 atom stereocenters. The quantitative estimate of drug-likeness (QED) is 0.519. The predicted molar refractivity (Wildman–Crippen MR) is 58.4 cm³/mol. The zero-order valence-corrected chi connectivity index (χ0v) is 9.84. The van der Waals surface area contributed by atoms with E-state index in [0.717, 1.165) is 19.3 Å². The van der Waals surface area contributed by atoms with Crippen LogP contribution in [0.1, 0.15) is 46.5 Å². The lowest BCUT2D eigenvalue weighted by Gasteiger charge is -2.15. The molecular formula is C11H21NO3. The van der Waals surface area contributed by atoms with Crippen molar-refractivity contribution in [3.8, 4) is 0 Å². The third-order valence-corrected chi connectivity index (χ3v) is 2.04. The molecule has 0 radical (unpaired) electrons. The maximum absolute atomic E-state index is 11.4.